The lowest BCUT2D eigenvalue weighted by atomic mass is 10.0. The summed E-state index contributed by atoms with van der Waals surface area (Å²) in [6.45, 7) is 10.4. The van der Waals surface area contributed by atoms with Gasteiger partial charge in [-0.1, -0.05) is 32.4 Å². The molecule has 2 aromatic carbocycles. The quantitative estimate of drug-likeness (QED) is 0.434. The Bertz CT molecular complexity index is 886. The molecular weight excluding hydrogens is 376 g/mol. The van der Waals surface area contributed by atoms with Crippen LogP contribution >= 0.6 is 11.6 Å². The molecule has 0 unspecified atom stereocenters. The standard InChI is InChI=1S/C23H27ClO4/c1-6-21(25)27-20-8-7-18(11-19(20)14(2)3)26-13-16-10-17(24)9-15-12-23(4,5)28-22(15)16/h7-11,14H,6,12-13H2,1-5H3. The topological polar surface area (TPSA) is 44.8 Å². The normalized spacial score (nSPS) is 14.5. The second kappa shape index (κ2) is 8.04. The Morgan fingerprint density at radius 1 is 1.25 bits per heavy atom. The van der Waals surface area contributed by atoms with E-state index in [2.05, 4.69) is 27.7 Å². The van der Waals surface area contributed by atoms with E-state index in [4.69, 9.17) is 25.8 Å². The van der Waals surface area contributed by atoms with E-state index >= 15 is 0 Å². The van der Waals surface area contributed by atoms with E-state index in [1.807, 2.05) is 24.3 Å². The highest BCUT2D eigenvalue weighted by Gasteiger charge is 2.32. The van der Waals surface area contributed by atoms with E-state index < -0.39 is 0 Å². The van der Waals surface area contributed by atoms with Gasteiger partial charge < -0.3 is 14.2 Å². The number of carbonyl (C=O) groups excluding carboxylic acids is 1. The average Bonchev–Trinajstić information content (AvgIpc) is 2.93. The van der Waals surface area contributed by atoms with Crippen LogP contribution in [0.4, 0.5) is 0 Å². The van der Waals surface area contributed by atoms with Crippen molar-refractivity contribution >= 4 is 17.6 Å². The number of ether oxygens (including phenoxy) is 3. The fourth-order valence-corrected chi connectivity index (χ4v) is 3.63. The van der Waals surface area contributed by atoms with E-state index in [9.17, 15) is 4.79 Å². The van der Waals surface area contributed by atoms with E-state index in [0.717, 1.165) is 28.9 Å². The Morgan fingerprint density at radius 3 is 2.68 bits per heavy atom. The minimum Gasteiger partial charge on any atom is -0.489 e. The molecule has 0 saturated carbocycles. The molecule has 0 amide bonds. The monoisotopic (exact) mass is 402 g/mol. The molecule has 1 aliphatic rings. The molecule has 0 atom stereocenters. The molecule has 28 heavy (non-hydrogen) atoms. The lowest BCUT2D eigenvalue weighted by Crippen LogP contribution is -2.25. The van der Waals surface area contributed by atoms with E-state index in [1.54, 1.807) is 13.0 Å². The number of rotatable bonds is 6. The van der Waals surface area contributed by atoms with Crippen LogP contribution in [0.15, 0.2) is 30.3 Å². The minimum atomic E-state index is -0.246. The van der Waals surface area contributed by atoms with E-state index in [0.29, 0.717) is 29.5 Å². The second-order valence-corrected chi connectivity index (χ2v) is 8.50. The van der Waals surface area contributed by atoms with Crippen LogP contribution < -0.4 is 14.2 Å². The summed E-state index contributed by atoms with van der Waals surface area (Å²) in [6.07, 6.45) is 1.16. The molecule has 0 spiro atoms. The fraction of sp³-hybridized carbons (Fsp3) is 0.435. The molecule has 1 aliphatic heterocycles. The first-order valence-corrected chi connectivity index (χ1v) is 10.0. The molecule has 0 N–H and O–H groups in total. The summed E-state index contributed by atoms with van der Waals surface area (Å²) in [7, 11) is 0. The third-order valence-electron chi connectivity index (χ3n) is 4.71. The summed E-state index contributed by atoms with van der Waals surface area (Å²) >= 11 is 6.29. The Morgan fingerprint density at radius 2 is 2.00 bits per heavy atom. The summed E-state index contributed by atoms with van der Waals surface area (Å²) in [5.74, 6) is 2.12. The Kier molecular flexibility index (Phi) is 5.90. The van der Waals surface area contributed by atoms with Crippen LogP contribution in [0.5, 0.6) is 17.2 Å². The molecule has 150 valence electrons. The maximum absolute atomic E-state index is 11.7. The van der Waals surface area contributed by atoms with Crippen molar-refractivity contribution in [2.24, 2.45) is 0 Å². The van der Waals surface area contributed by atoms with Gasteiger partial charge in [-0.15, -0.1) is 0 Å². The van der Waals surface area contributed by atoms with Crippen molar-refractivity contribution in [1.29, 1.82) is 0 Å². The number of benzene rings is 2. The molecule has 0 aliphatic carbocycles. The summed E-state index contributed by atoms with van der Waals surface area (Å²) in [6, 6.07) is 9.39. The van der Waals surface area contributed by atoms with Crippen LogP contribution in [-0.4, -0.2) is 11.6 Å². The molecular formula is C23H27ClO4. The van der Waals surface area contributed by atoms with Gasteiger partial charge in [0.05, 0.1) is 0 Å². The number of halogens is 1. The minimum absolute atomic E-state index is 0.197. The lowest BCUT2D eigenvalue weighted by Gasteiger charge is -2.19. The predicted molar refractivity (Wildman–Crippen MR) is 111 cm³/mol. The molecule has 2 aromatic rings. The van der Waals surface area contributed by atoms with Crippen LogP contribution in [0.1, 0.15) is 63.6 Å². The van der Waals surface area contributed by atoms with Crippen LogP contribution in [0.25, 0.3) is 0 Å². The summed E-state index contributed by atoms with van der Waals surface area (Å²) in [4.78, 5) is 11.7. The van der Waals surface area contributed by atoms with Gasteiger partial charge >= 0.3 is 5.97 Å². The third-order valence-corrected chi connectivity index (χ3v) is 4.93. The first-order chi connectivity index (χ1) is 13.2. The maximum atomic E-state index is 11.7. The maximum Gasteiger partial charge on any atom is 0.310 e. The van der Waals surface area contributed by atoms with Crippen molar-refractivity contribution < 1.29 is 19.0 Å². The van der Waals surface area contributed by atoms with Crippen molar-refractivity contribution in [3.05, 3.63) is 52.0 Å². The molecule has 0 bridgehead atoms. The van der Waals surface area contributed by atoms with Gasteiger partial charge in [0, 0.05) is 29.0 Å². The SMILES string of the molecule is CCC(=O)Oc1ccc(OCc2cc(Cl)cc3c2OC(C)(C)C3)cc1C(C)C. The fourth-order valence-electron chi connectivity index (χ4n) is 3.37. The molecule has 1 heterocycles. The number of esters is 1. The highest BCUT2D eigenvalue weighted by atomic mass is 35.5. The smallest absolute Gasteiger partial charge is 0.310 e. The van der Waals surface area contributed by atoms with Crippen molar-refractivity contribution in [3.8, 4) is 17.2 Å². The highest BCUT2D eigenvalue weighted by molar-refractivity contribution is 6.30. The summed E-state index contributed by atoms with van der Waals surface area (Å²) < 4.78 is 17.6. The van der Waals surface area contributed by atoms with E-state index in [1.165, 1.54) is 0 Å². The van der Waals surface area contributed by atoms with Gasteiger partial charge in [0.2, 0.25) is 0 Å². The Labute approximate surface area is 171 Å². The number of hydrogen-bond donors (Lipinski definition) is 0. The van der Waals surface area contributed by atoms with Crippen LogP contribution in [-0.2, 0) is 17.8 Å². The Hall–Kier alpha value is -2.20. The van der Waals surface area contributed by atoms with Crippen molar-refractivity contribution in [1.82, 2.24) is 0 Å². The number of fused-ring (bicyclic) bond motifs is 1. The largest absolute Gasteiger partial charge is 0.489 e. The van der Waals surface area contributed by atoms with Gasteiger partial charge in [0.1, 0.15) is 29.5 Å². The van der Waals surface area contributed by atoms with Crippen LogP contribution in [0, 0.1) is 0 Å². The zero-order valence-electron chi connectivity index (χ0n) is 17.1. The molecule has 4 nitrogen and oxygen atoms in total. The first-order valence-electron chi connectivity index (χ1n) is 9.66. The predicted octanol–water partition coefficient (Wildman–Crippen LogP) is 6.07. The molecule has 5 heteroatoms. The van der Waals surface area contributed by atoms with Crippen LogP contribution in [0.2, 0.25) is 5.02 Å². The second-order valence-electron chi connectivity index (χ2n) is 8.06. The number of hydrogen-bond acceptors (Lipinski definition) is 4. The molecule has 0 saturated heterocycles. The average molecular weight is 403 g/mol. The summed E-state index contributed by atoms with van der Waals surface area (Å²) in [5, 5.41) is 0.684. The summed E-state index contributed by atoms with van der Waals surface area (Å²) in [5.41, 5.74) is 2.74. The van der Waals surface area contributed by atoms with E-state index in [-0.39, 0.29) is 17.5 Å². The molecule has 0 radical (unpaired) electrons. The number of carbonyl (C=O) groups is 1. The van der Waals surface area contributed by atoms with Gasteiger partial charge in [-0.2, -0.15) is 0 Å². The van der Waals surface area contributed by atoms with Gasteiger partial charge in [-0.3, -0.25) is 4.79 Å². The van der Waals surface area contributed by atoms with Gasteiger partial charge in [-0.05, 0) is 55.7 Å². The van der Waals surface area contributed by atoms with Crippen LogP contribution in [0.3, 0.4) is 0 Å². The van der Waals surface area contributed by atoms with Crippen molar-refractivity contribution in [3.63, 3.8) is 0 Å². The molecule has 0 fully saturated rings. The van der Waals surface area contributed by atoms with Gasteiger partial charge in [0.25, 0.3) is 0 Å². The van der Waals surface area contributed by atoms with Gasteiger partial charge in [-0.25, -0.2) is 0 Å². The Balaban J connectivity index is 1.81. The third kappa shape index (κ3) is 4.61. The van der Waals surface area contributed by atoms with Gasteiger partial charge in [0.15, 0.2) is 0 Å². The molecule has 0 aromatic heterocycles. The van der Waals surface area contributed by atoms with Crippen molar-refractivity contribution in [2.75, 3.05) is 0 Å². The molecule has 3 rings (SSSR count). The zero-order valence-corrected chi connectivity index (χ0v) is 17.9. The lowest BCUT2D eigenvalue weighted by molar-refractivity contribution is -0.134. The van der Waals surface area contributed by atoms with Crippen molar-refractivity contribution in [2.45, 2.75) is 65.6 Å². The zero-order chi connectivity index (χ0) is 20.5. The first kappa shape index (κ1) is 20.5. The highest BCUT2D eigenvalue weighted by Crippen LogP contribution is 2.40.